The van der Waals surface area contributed by atoms with Gasteiger partial charge in [0.2, 0.25) is 0 Å². The van der Waals surface area contributed by atoms with Crippen molar-refractivity contribution in [1.82, 2.24) is 19.8 Å². The molecule has 0 saturated carbocycles. The van der Waals surface area contributed by atoms with E-state index in [1.54, 1.807) is 0 Å². The van der Waals surface area contributed by atoms with Crippen LogP contribution in [0.4, 0.5) is 10.5 Å². The number of nitrogens with zero attached hydrogens (tertiary/aromatic N) is 3. The highest BCUT2D eigenvalue weighted by molar-refractivity contribution is 7.10. The van der Waals surface area contributed by atoms with Gasteiger partial charge in [0, 0.05) is 36.4 Å². The summed E-state index contributed by atoms with van der Waals surface area (Å²) >= 11 is 7.32. The molecule has 6 nitrogen and oxygen atoms in total. The minimum absolute atomic E-state index is 0.180. The number of carbonyl (C=O) groups is 1. The van der Waals surface area contributed by atoms with Gasteiger partial charge < -0.3 is 10.6 Å². The van der Waals surface area contributed by atoms with Gasteiger partial charge in [0.15, 0.2) is 0 Å². The number of para-hydroxylation sites is 1. The average molecular weight is 366 g/mol. The second-order valence-electron chi connectivity index (χ2n) is 5.81. The highest BCUT2D eigenvalue weighted by Crippen LogP contribution is 2.23. The van der Waals surface area contributed by atoms with Crippen LogP contribution in [0, 0.1) is 0 Å². The Morgan fingerprint density at radius 3 is 2.92 bits per heavy atom. The Balaban J connectivity index is 1.52. The van der Waals surface area contributed by atoms with E-state index >= 15 is 0 Å². The first-order valence-electron chi connectivity index (χ1n) is 8.03. The first kappa shape index (κ1) is 17.1. The first-order chi connectivity index (χ1) is 11.7. The quantitative estimate of drug-likeness (QED) is 0.852. The fourth-order valence-electron chi connectivity index (χ4n) is 2.89. The Morgan fingerprint density at radius 2 is 2.17 bits per heavy atom. The van der Waals surface area contributed by atoms with Crippen molar-refractivity contribution in [2.75, 3.05) is 18.4 Å². The van der Waals surface area contributed by atoms with E-state index in [1.165, 1.54) is 18.0 Å². The van der Waals surface area contributed by atoms with Crippen LogP contribution >= 0.6 is 23.1 Å². The van der Waals surface area contributed by atoms with Crippen LogP contribution in [0.5, 0.6) is 0 Å². The van der Waals surface area contributed by atoms with Crippen LogP contribution in [-0.4, -0.2) is 39.6 Å². The van der Waals surface area contributed by atoms with Gasteiger partial charge in [-0.15, -0.1) is 5.10 Å². The lowest BCUT2D eigenvalue weighted by Crippen LogP contribution is -2.47. The van der Waals surface area contributed by atoms with Crippen LogP contribution < -0.4 is 10.6 Å². The topological polar surface area (TPSA) is 70.2 Å². The minimum atomic E-state index is -0.180. The Kier molecular flexibility index (Phi) is 6.01. The van der Waals surface area contributed by atoms with Crippen LogP contribution in [0.2, 0.25) is 4.34 Å². The molecule has 1 fully saturated rings. The van der Waals surface area contributed by atoms with Gasteiger partial charge in [-0.1, -0.05) is 40.7 Å². The first-order valence-corrected chi connectivity index (χ1v) is 9.18. The van der Waals surface area contributed by atoms with Gasteiger partial charge in [-0.25, -0.2) is 4.79 Å². The maximum Gasteiger partial charge on any atom is 0.319 e. The third-order valence-corrected chi connectivity index (χ3v) is 5.13. The van der Waals surface area contributed by atoms with Crippen molar-refractivity contribution in [2.24, 2.45) is 0 Å². The molecule has 128 valence electrons. The predicted molar refractivity (Wildman–Crippen MR) is 96.4 cm³/mol. The number of rotatable bonds is 5. The van der Waals surface area contributed by atoms with Gasteiger partial charge in [-0.05, 0) is 31.5 Å². The molecule has 2 heterocycles. The molecule has 1 aromatic carbocycles. The number of aromatic nitrogens is 2. The van der Waals surface area contributed by atoms with Gasteiger partial charge in [0.25, 0.3) is 0 Å². The molecule has 2 aromatic rings. The Bertz CT molecular complexity index is 665. The van der Waals surface area contributed by atoms with Crippen molar-refractivity contribution in [2.45, 2.75) is 31.8 Å². The number of urea groups is 1. The largest absolute Gasteiger partial charge is 0.336 e. The molecule has 1 unspecified atom stereocenters. The molecule has 1 saturated heterocycles. The van der Waals surface area contributed by atoms with E-state index in [0.29, 0.717) is 17.4 Å². The fourth-order valence-corrected chi connectivity index (χ4v) is 3.50. The van der Waals surface area contributed by atoms with E-state index in [9.17, 15) is 4.79 Å². The third kappa shape index (κ3) is 4.66. The van der Waals surface area contributed by atoms with Gasteiger partial charge >= 0.3 is 6.03 Å². The molecule has 1 atom stereocenters. The molecule has 1 aliphatic rings. The number of hydrogen-bond donors (Lipinski definition) is 2. The number of benzene rings is 1. The molecule has 0 spiro atoms. The van der Waals surface area contributed by atoms with Crippen molar-refractivity contribution >= 4 is 34.9 Å². The van der Waals surface area contributed by atoms with E-state index in [0.717, 1.165) is 30.8 Å². The SMILES string of the molecule is O=C(NCC1CCCCN1Cc1nnsc1Cl)Nc1ccccc1. The van der Waals surface area contributed by atoms with Crippen LogP contribution in [0.3, 0.4) is 0 Å². The maximum atomic E-state index is 12.1. The van der Waals surface area contributed by atoms with Crippen LogP contribution in [-0.2, 0) is 6.54 Å². The highest BCUT2D eigenvalue weighted by Gasteiger charge is 2.24. The fraction of sp³-hybridized carbons (Fsp3) is 0.438. The number of nitrogens with one attached hydrogen (secondary N) is 2. The van der Waals surface area contributed by atoms with Crippen molar-refractivity contribution < 1.29 is 4.79 Å². The predicted octanol–water partition coefficient (Wildman–Crippen LogP) is 3.37. The summed E-state index contributed by atoms with van der Waals surface area (Å²) in [6, 6.07) is 9.54. The van der Waals surface area contributed by atoms with E-state index in [-0.39, 0.29) is 12.1 Å². The van der Waals surface area contributed by atoms with Gasteiger partial charge in [0.05, 0.1) is 0 Å². The third-order valence-electron chi connectivity index (χ3n) is 4.14. The van der Waals surface area contributed by atoms with Crippen molar-refractivity contribution in [3.05, 3.63) is 40.4 Å². The second-order valence-corrected chi connectivity index (χ2v) is 7.17. The van der Waals surface area contributed by atoms with Gasteiger partial charge in [0.1, 0.15) is 10.0 Å². The van der Waals surface area contributed by atoms with Crippen molar-refractivity contribution in [1.29, 1.82) is 0 Å². The standard InChI is InChI=1S/C16H20ClN5OS/c17-15-14(20-21-24-15)11-22-9-5-4-8-13(22)10-18-16(23)19-12-6-2-1-3-7-12/h1-3,6-7,13H,4-5,8-11H2,(H2,18,19,23). The van der Waals surface area contributed by atoms with Crippen LogP contribution in [0.1, 0.15) is 25.0 Å². The summed E-state index contributed by atoms with van der Waals surface area (Å²) in [6.45, 7) is 2.27. The molecule has 0 radical (unpaired) electrons. The number of carbonyl (C=O) groups excluding carboxylic acids is 1. The molecule has 2 amide bonds. The maximum absolute atomic E-state index is 12.1. The zero-order valence-corrected chi connectivity index (χ0v) is 14.8. The molecular weight excluding hydrogens is 346 g/mol. The molecule has 8 heteroatoms. The second kappa shape index (κ2) is 8.41. The Hall–Kier alpha value is -1.70. The summed E-state index contributed by atoms with van der Waals surface area (Å²) in [5, 5.41) is 9.90. The number of likely N-dealkylation sites (tertiary alicyclic amines) is 1. The average Bonchev–Trinajstić information content (AvgIpc) is 3.00. The van der Waals surface area contributed by atoms with Gasteiger partial charge in [-0.3, -0.25) is 4.90 Å². The lowest BCUT2D eigenvalue weighted by Gasteiger charge is -2.35. The number of anilines is 1. The van der Waals surface area contributed by atoms with E-state index < -0.39 is 0 Å². The zero-order chi connectivity index (χ0) is 16.8. The summed E-state index contributed by atoms with van der Waals surface area (Å²) in [4.78, 5) is 14.4. The number of halogens is 1. The lowest BCUT2D eigenvalue weighted by atomic mass is 10.0. The molecule has 0 bridgehead atoms. The summed E-state index contributed by atoms with van der Waals surface area (Å²) < 4.78 is 4.53. The normalized spacial score (nSPS) is 18.3. The van der Waals surface area contributed by atoms with Gasteiger partial charge in [-0.2, -0.15) is 0 Å². The van der Waals surface area contributed by atoms with Crippen molar-refractivity contribution in [3.63, 3.8) is 0 Å². The summed E-state index contributed by atoms with van der Waals surface area (Å²) in [6.07, 6.45) is 3.38. The highest BCUT2D eigenvalue weighted by atomic mass is 35.5. The smallest absolute Gasteiger partial charge is 0.319 e. The monoisotopic (exact) mass is 365 g/mol. The number of piperidine rings is 1. The number of amides is 2. The Labute approximate surface area is 150 Å². The summed E-state index contributed by atoms with van der Waals surface area (Å²) in [5.41, 5.74) is 1.61. The molecule has 1 aromatic heterocycles. The van der Waals surface area contributed by atoms with Crippen molar-refractivity contribution in [3.8, 4) is 0 Å². The minimum Gasteiger partial charge on any atom is -0.336 e. The molecule has 3 rings (SSSR count). The molecular formula is C16H20ClN5OS. The lowest BCUT2D eigenvalue weighted by molar-refractivity contribution is 0.137. The molecule has 2 N–H and O–H groups in total. The molecule has 0 aliphatic carbocycles. The Morgan fingerprint density at radius 1 is 1.33 bits per heavy atom. The number of hydrogen-bond acceptors (Lipinski definition) is 5. The van der Waals surface area contributed by atoms with E-state index in [2.05, 4.69) is 25.1 Å². The van der Waals surface area contributed by atoms with E-state index in [1.807, 2.05) is 30.3 Å². The molecule has 1 aliphatic heterocycles. The summed E-state index contributed by atoms with van der Waals surface area (Å²) in [7, 11) is 0. The molecule has 24 heavy (non-hydrogen) atoms. The zero-order valence-electron chi connectivity index (χ0n) is 13.2. The van der Waals surface area contributed by atoms with E-state index in [4.69, 9.17) is 11.6 Å². The summed E-state index contributed by atoms with van der Waals surface area (Å²) in [5.74, 6) is 0. The van der Waals surface area contributed by atoms with Crippen LogP contribution in [0.25, 0.3) is 0 Å². The van der Waals surface area contributed by atoms with Crippen LogP contribution in [0.15, 0.2) is 30.3 Å².